The predicted molar refractivity (Wildman–Crippen MR) is 180 cm³/mol. The van der Waals surface area contributed by atoms with Crippen LogP contribution in [0.5, 0.6) is 11.5 Å². The highest BCUT2D eigenvalue weighted by Gasteiger charge is 2.66. The molecule has 0 aromatic heterocycles. The first-order valence-corrected chi connectivity index (χ1v) is 15.4. The van der Waals surface area contributed by atoms with E-state index in [1.54, 1.807) is 0 Å². The molecule has 2 atom stereocenters. The average Bonchev–Trinajstić information content (AvgIpc) is 3.48. The van der Waals surface area contributed by atoms with E-state index in [9.17, 15) is 0 Å². The van der Waals surface area contributed by atoms with Gasteiger partial charge >= 0.3 is 13.4 Å². The van der Waals surface area contributed by atoms with Crippen molar-refractivity contribution in [3.05, 3.63) is 157 Å². The number of hydrogen-bond acceptors (Lipinski definition) is 3. The van der Waals surface area contributed by atoms with Crippen molar-refractivity contribution in [3.8, 4) is 33.8 Å². The summed E-state index contributed by atoms with van der Waals surface area (Å²) in [5.74, 6) is 1.56. The number of fused-ring (bicyclic) bond motifs is 6. The second-order valence-electron chi connectivity index (χ2n) is 12.1. The van der Waals surface area contributed by atoms with Gasteiger partial charge in [-0.25, -0.2) is 0 Å². The van der Waals surface area contributed by atoms with Crippen LogP contribution in [0.25, 0.3) is 22.3 Å². The molecule has 0 aliphatic carbocycles. The Bertz CT molecular complexity index is 2110. The molecular formula is C38H26B2N2O3. The van der Waals surface area contributed by atoms with Crippen LogP contribution in [0.2, 0.25) is 0 Å². The molecule has 6 aromatic rings. The quantitative estimate of drug-likeness (QED) is 0.224. The first-order chi connectivity index (χ1) is 22.2. The molecule has 0 saturated carbocycles. The van der Waals surface area contributed by atoms with E-state index >= 15 is 0 Å². The summed E-state index contributed by atoms with van der Waals surface area (Å²) >= 11 is 0. The lowest BCUT2D eigenvalue weighted by molar-refractivity contribution is -0.335. The van der Waals surface area contributed by atoms with Crippen molar-refractivity contribution in [3.63, 3.8) is 0 Å². The van der Waals surface area contributed by atoms with Gasteiger partial charge in [-0.2, -0.15) is 0 Å². The third-order valence-corrected chi connectivity index (χ3v) is 9.70. The summed E-state index contributed by atoms with van der Waals surface area (Å²) < 4.78 is 26.2. The standard InChI is InChI=1S/C38H26B2N2O3/c1-3-11-27(12-4-1)29-19-21-37-35(23-29)41-25-31-15-7-10-18-34(31)40-42(26-32-16-8-9-17-33(32)39(41,43-37)45-40)36-24-30(20-22-38(36)44-40)28-13-5-2-6-14-28/h1-26H. The highest BCUT2D eigenvalue weighted by Crippen LogP contribution is 2.48. The van der Waals surface area contributed by atoms with Crippen LogP contribution in [0, 0.1) is 0 Å². The molecule has 2 unspecified atom stereocenters. The number of hydrogen-bond donors (Lipinski definition) is 0. The molecule has 7 heteroatoms. The minimum atomic E-state index is -2.28. The zero-order valence-corrected chi connectivity index (χ0v) is 24.3. The van der Waals surface area contributed by atoms with Crippen LogP contribution in [0.15, 0.2) is 146 Å². The Labute approximate surface area is 260 Å². The van der Waals surface area contributed by atoms with E-state index in [1.807, 2.05) is 12.1 Å². The van der Waals surface area contributed by atoms with Gasteiger partial charge < -0.3 is 22.9 Å². The molecule has 0 saturated heterocycles. The summed E-state index contributed by atoms with van der Waals surface area (Å²) in [5, 5.41) is 0. The van der Waals surface area contributed by atoms with E-state index in [2.05, 4.69) is 155 Å². The van der Waals surface area contributed by atoms with E-state index in [-0.39, 0.29) is 0 Å². The molecular weight excluding hydrogens is 554 g/mol. The van der Waals surface area contributed by atoms with Crippen molar-refractivity contribution in [1.82, 2.24) is 0 Å². The second-order valence-corrected chi connectivity index (χ2v) is 12.1. The van der Waals surface area contributed by atoms with Gasteiger partial charge in [-0.3, -0.25) is 0 Å². The fourth-order valence-electron chi connectivity index (χ4n) is 7.65. The molecule has 212 valence electrons. The van der Waals surface area contributed by atoms with Crippen molar-refractivity contribution >= 4 is 48.1 Å². The van der Waals surface area contributed by atoms with Crippen molar-refractivity contribution in [1.29, 1.82) is 0 Å². The van der Waals surface area contributed by atoms with Gasteiger partial charge in [-0.15, -0.1) is 0 Å². The maximum atomic E-state index is 7.57. The maximum absolute atomic E-state index is 7.57. The van der Waals surface area contributed by atoms with E-state index in [4.69, 9.17) is 13.9 Å². The third kappa shape index (κ3) is 3.39. The van der Waals surface area contributed by atoms with E-state index in [0.29, 0.717) is 0 Å². The summed E-state index contributed by atoms with van der Waals surface area (Å²) in [7, 11) is 0. The first kappa shape index (κ1) is 24.8. The second kappa shape index (κ2) is 8.94. The molecule has 0 fully saturated rings. The van der Waals surface area contributed by atoms with Crippen LogP contribution in [0.4, 0.5) is 11.4 Å². The Balaban J connectivity index is 1.24. The van der Waals surface area contributed by atoms with Gasteiger partial charge in [0.15, 0.2) is 11.4 Å². The molecule has 4 aliphatic rings. The molecule has 6 aromatic carbocycles. The molecule has 2 spiro atoms. The predicted octanol–water partition coefficient (Wildman–Crippen LogP) is 6.37. The molecule has 0 amide bonds. The molecule has 5 nitrogen and oxygen atoms in total. The third-order valence-electron chi connectivity index (χ3n) is 9.70. The van der Waals surface area contributed by atoms with E-state index in [0.717, 1.165) is 67.2 Å². The van der Waals surface area contributed by atoms with E-state index in [1.165, 1.54) is 0 Å². The Morgan fingerprint density at radius 1 is 0.400 bits per heavy atom. The van der Waals surface area contributed by atoms with Crippen LogP contribution in [-0.4, -0.2) is 34.8 Å². The van der Waals surface area contributed by atoms with Crippen molar-refractivity contribution in [2.75, 3.05) is 0 Å². The van der Waals surface area contributed by atoms with Crippen molar-refractivity contribution in [2.24, 2.45) is 0 Å². The number of rotatable bonds is 2. The SMILES string of the molecule is C1=[N+]2c3cc(-c4ccccc4)ccc3O[B-]23O[B-]2(Oc4ccc(-c5ccccc5)cc4[N+]2=Cc2ccccc23)c2ccccc21. The maximum Gasteiger partial charge on any atom is 0.597 e. The van der Waals surface area contributed by atoms with Gasteiger partial charge in [0.1, 0.15) is 23.9 Å². The van der Waals surface area contributed by atoms with Gasteiger partial charge in [0.05, 0.1) is 0 Å². The van der Waals surface area contributed by atoms with Crippen molar-refractivity contribution in [2.45, 2.75) is 0 Å². The Hall–Kier alpha value is -5.65. The zero-order valence-electron chi connectivity index (χ0n) is 24.3. The molecule has 2 bridgehead atoms. The van der Waals surface area contributed by atoms with Gasteiger partial charge in [0.25, 0.3) is 0 Å². The Morgan fingerprint density at radius 3 is 1.29 bits per heavy atom. The van der Waals surface area contributed by atoms with Crippen LogP contribution < -0.4 is 20.2 Å². The van der Waals surface area contributed by atoms with Crippen LogP contribution in [-0.2, 0) is 4.57 Å². The molecule has 0 N–H and O–H groups in total. The highest BCUT2D eigenvalue weighted by molar-refractivity contribution is 6.90. The summed E-state index contributed by atoms with van der Waals surface area (Å²) in [6.45, 7) is -4.55. The fraction of sp³-hybridized carbons (Fsp3) is 0. The van der Waals surface area contributed by atoms with Crippen LogP contribution >= 0.6 is 0 Å². The zero-order chi connectivity index (χ0) is 29.6. The molecule has 0 radical (unpaired) electrons. The highest BCUT2D eigenvalue weighted by atomic mass is 16.7. The largest absolute Gasteiger partial charge is 0.628 e. The van der Waals surface area contributed by atoms with Crippen LogP contribution in [0.1, 0.15) is 11.1 Å². The first-order valence-electron chi connectivity index (χ1n) is 15.4. The minimum Gasteiger partial charge on any atom is -0.628 e. The lowest BCUT2D eigenvalue weighted by atomic mass is 9.55. The molecule has 45 heavy (non-hydrogen) atoms. The minimum absolute atomic E-state index is 0.779. The molecule has 4 aliphatic heterocycles. The summed E-state index contributed by atoms with van der Waals surface area (Å²) in [5.41, 5.74) is 10.4. The molecule has 4 heterocycles. The van der Waals surface area contributed by atoms with Crippen molar-refractivity contribution < 1.29 is 22.9 Å². The summed E-state index contributed by atoms with van der Waals surface area (Å²) in [6, 6.07) is 50.5. The summed E-state index contributed by atoms with van der Waals surface area (Å²) in [4.78, 5) is 0. The monoisotopic (exact) mass is 580 g/mol. The fourth-order valence-corrected chi connectivity index (χ4v) is 7.65. The van der Waals surface area contributed by atoms with Crippen LogP contribution in [0.3, 0.4) is 0 Å². The normalized spacial score (nSPS) is 21.2. The smallest absolute Gasteiger partial charge is 0.597 e. The lowest BCUT2D eigenvalue weighted by Gasteiger charge is -2.40. The van der Waals surface area contributed by atoms with Gasteiger partial charge in [0.2, 0.25) is 0 Å². The number of nitrogens with zero attached hydrogens (tertiary/aromatic N) is 2. The average molecular weight is 580 g/mol. The van der Waals surface area contributed by atoms with Gasteiger partial charge in [0, 0.05) is 23.3 Å². The van der Waals surface area contributed by atoms with Gasteiger partial charge in [-0.05, 0) is 45.3 Å². The molecule has 10 rings (SSSR count). The summed E-state index contributed by atoms with van der Waals surface area (Å²) in [6.07, 6.45) is 4.38. The topological polar surface area (TPSA) is 33.7 Å². The lowest BCUT2D eigenvalue weighted by Crippen LogP contribution is -2.71. The Kier molecular flexibility index (Phi) is 4.92. The van der Waals surface area contributed by atoms with Gasteiger partial charge in [-0.1, -0.05) is 121 Å². The Morgan fingerprint density at radius 2 is 0.822 bits per heavy atom. The number of benzene rings is 6. The van der Waals surface area contributed by atoms with E-state index < -0.39 is 13.4 Å².